The molecular weight excluding hydrogens is 272 g/mol. The van der Waals surface area contributed by atoms with Gasteiger partial charge in [0.25, 0.3) is 0 Å². The minimum atomic E-state index is 0.852. The van der Waals surface area contributed by atoms with Crippen LogP contribution in [0.2, 0.25) is 0 Å². The molecule has 2 atom stereocenters. The second-order valence-electron chi connectivity index (χ2n) is 6.87. The average Bonchev–Trinajstić information content (AvgIpc) is 3.16. The number of nitrogens with zero attached hydrogens (tertiary/aromatic N) is 3. The first kappa shape index (κ1) is 14.0. The number of benzene rings is 1. The Hall–Kier alpha value is -1.65. The summed E-state index contributed by atoms with van der Waals surface area (Å²) in [5, 5.41) is 7.86. The predicted octanol–water partition coefficient (Wildman–Crippen LogP) is 2.05. The van der Waals surface area contributed by atoms with Crippen LogP contribution < -0.4 is 5.32 Å². The predicted molar refractivity (Wildman–Crippen MR) is 88.5 cm³/mol. The van der Waals surface area contributed by atoms with Gasteiger partial charge in [-0.05, 0) is 49.5 Å². The molecule has 22 heavy (non-hydrogen) atoms. The number of nitrogens with one attached hydrogen (secondary N) is 1. The largest absolute Gasteiger partial charge is 0.316 e. The number of hydrogen-bond donors (Lipinski definition) is 1. The number of likely N-dealkylation sites (tertiary alicyclic amines) is 1. The monoisotopic (exact) mass is 296 g/mol. The molecule has 2 fully saturated rings. The molecule has 3 heterocycles. The number of rotatable bonds is 3. The Bertz CT molecular complexity index is 663. The minimum absolute atomic E-state index is 0.852. The molecular formula is C18H24N4. The molecule has 116 valence electrons. The molecule has 4 nitrogen and oxygen atoms in total. The first-order valence-electron chi connectivity index (χ1n) is 8.21. The van der Waals surface area contributed by atoms with Crippen LogP contribution in [0.1, 0.15) is 11.1 Å². The number of aryl methyl sites for hydroxylation is 2. The molecule has 1 aromatic carbocycles. The molecule has 0 bridgehead atoms. The maximum Gasteiger partial charge on any atom is 0.0682 e. The van der Waals surface area contributed by atoms with E-state index in [1.807, 2.05) is 17.9 Å². The van der Waals surface area contributed by atoms with E-state index < -0.39 is 0 Å². The molecule has 0 aliphatic carbocycles. The Morgan fingerprint density at radius 1 is 1.18 bits per heavy atom. The lowest BCUT2D eigenvalue weighted by molar-refractivity contribution is 0.306. The van der Waals surface area contributed by atoms with Gasteiger partial charge in [-0.2, -0.15) is 5.10 Å². The van der Waals surface area contributed by atoms with E-state index in [2.05, 4.69) is 46.5 Å². The van der Waals surface area contributed by atoms with Gasteiger partial charge in [0.1, 0.15) is 0 Å². The van der Waals surface area contributed by atoms with Crippen LogP contribution in [0.25, 0.3) is 11.3 Å². The number of hydrogen-bond acceptors (Lipinski definition) is 3. The Balaban J connectivity index is 1.61. The number of fused-ring (bicyclic) bond motifs is 1. The molecule has 2 aliphatic rings. The lowest BCUT2D eigenvalue weighted by Crippen LogP contribution is -2.25. The average molecular weight is 296 g/mol. The first-order valence-corrected chi connectivity index (χ1v) is 8.21. The standard InChI is InChI=1S/C18H24N4/c1-13-3-4-14(17(7-13)18-5-6-20-21(18)2)10-22-11-15-8-19-9-16(15)12-22/h3-7,15-16,19H,8-12H2,1-2H3/t15-,16+. The summed E-state index contributed by atoms with van der Waals surface area (Å²) in [6.45, 7) is 8.07. The fraction of sp³-hybridized carbons (Fsp3) is 0.500. The lowest BCUT2D eigenvalue weighted by Gasteiger charge is -2.20. The zero-order valence-electron chi connectivity index (χ0n) is 13.4. The lowest BCUT2D eigenvalue weighted by atomic mass is 10.0. The molecule has 0 spiro atoms. The van der Waals surface area contributed by atoms with Crippen LogP contribution in [0, 0.1) is 18.8 Å². The van der Waals surface area contributed by atoms with E-state index in [-0.39, 0.29) is 0 Å². The fourth-order valence-corrected chi connectivity index (χ4v) is 4.03. The van der Waals surface area contributed by atoms with Crippen molar-refractivity contribution in [2.24, 2.45) is 18.9 Å². The van der Waals surface area contributed by atoms with Crippen molar-refractivity contribution in [1.82, 2.24) is 20.0 Å². The third-order valence-corrected chi connectivity index (χ3v) is 5.22. The van der Waals surface area contributed by atoms with Gasteiger partial charge >= 0.3 is 0 Å². The smallest absolute Gasteiger partial charge is 0.0682 e. The molecule has 1 N–H and O–H groups in total. The third kappa shape index (κ3) is 2.46. The van der Waals surface area contributed by atoms with Crippen LogP contribution in [-0.4, -0.2) is 40.9 Å². The van der Waals surface area contributed by atoms with E-state index in [9.17, 15) is 0 Å². The second-order valence-corrected chi connectivity index (χ2v) is 6.87. The van der Waals surface area contributed by atoms with E-state index in [0.717, 1.165) is 18.4 Å². The molecule has 2 saturated heterocycles. The summed E-state index contributed by atoms with van der Waals surface area (Å²) in [7, 11) is 2.02. The van der Waals surface area contributed by atoms with Crippen molar-refractivity contribution in [2.45, 2.75) is 13.5 Å². The molecule has 0 amide bonds. The van der Waals surface area contributed by atoms with Gasteiger partial charge < -0.3 is 5.32 Å². The van der Waals surface area contributed by atoms with Gasteiger partial charge in [0.15, 0.2) is 0 Å². The van der Waals surface area contributed by atoms with E-state index >= 15 is 0 Å². The summed E-state index contributed by atoms with van der Waals surface area (Å²) >= 11 is 0. The molecule has 4 heteroatoms. The van der Waals surface area contributed by atoms with Gasteiger partial charge in [-0.15, -0.1) is 0 Å². The van der Waals surface area contributed by atoms with Gasteiger partial charge in [0, 0.05) is 38.4 Å². The van der Waals surface area contributed by atoms with Crippen LogP contribution in [0.15, 0.2) is 30.5 Å². The highest BCUT2D eigenvalue weighted by atomic mass is 15.3. The molecule has 0 saturated carbocycles. The Morgan fingerprint density at radius 2 is 1.95 bits per heavy atom. The van der Waals surface area contributed by atoms with Gasteiger partial charge in [0.2, 0.25) is 0 Å². The van der Waals surface area contributed by atoms with Crippen molar-refractivity contribution >= 4 is 0 Å². The fourth-order valence-electron chi connectivity index (χ4n) is 4.03. The van der Waals surface area contributed by atoms with Crippen molar-refractivity contribution in [1.29, 1.82) is 0 Å². The van der Waals surface area contributed by atoms with E-state index in [0.29, 0.717) is 0 Å². The van der Waals surface area contributed by atoms with Gasteiger partial charge in [-0.3, -0.25) is 9.58 Å². The summed E-state index contributed by atoms with van der Waals surface area (Å²) < 4.78 is 1.97. The van der Waals surface area contributed by atoms with E-state index in [1.165, 1.54) is 48.6 Å². The Morgan fingerprint density at radius 3 is 2.64 bits per heavy atom. The maximum atomic E-state index is 4.34. The van der Waals surface area contributed by atoms with Crippen LogP contribution in [0.3, 0.4) is 0 Å². The number of aromatic nitrogens is 2. The highest BCUT2D eigenvalue weighted by Gasteiger charge is 2.36. The molecule has 4 rings (SSSR count). The summed E-state index contributed by atoms with van der Waals surface area (Å²) in [4.78, 5) is 2.63. The van der Waals surface area contributed by atoms with Gasteiger partial charge in [0.05, 0.1) is 5.69 Å². The van der Waals surface area contributed by atoms with Crippen molar-refractivity contribution in [3.63, 3.8) is 0 Å². The summed E-state index contributed by atoms with van der Waals surface area (Å²) in [6.07, 6.45) is 1.88. The summed E-state index contributed by atoms with van der Waals surface area (Å²) in [5.74, 6) is 1.70. The topological polar surface area (TPSA) is 33.1 Å². The molecule has 0 radical (unpaired) electrons. The molecule has 1 aromatic heterocycles. The zero-order chi connectivity index (χ0) is 15.1. The van der Waals surface area contributed by atoms with Crippen LogP contribution in [0.5, 0.6) is 0 Å². The van der Waals surface area contributed by atoms with Crippen LogP contribution in [0.4, 0.5) is 0 Å². The maximum absolute atomic E-state index is 4.34. The summed E-state index contributed by atoms with van der Waals surface area (Å²) in [6, 6.07) is 8.93. The third-order valence-electron chi connectivity index (χ3n) is 5.22. The second kappa shape index (κ2) is 5.52. The molecule has 0 unspecified atom stereocenters. The molecule has 2 aromatic rings. The van der Waals surface area contributed by atoms with Crippen molar-refractivity contribution < 1.29 is 0 Å². The Kier molecular flexibility index (Phi) is 3.51. The van der Waals surface area contributed by atoms with E-state index in [4.69, 9.17) is 0 Å². The van der Waals surface area contributed by atoms with Crippen LogP contribution in [-0.2, 0) is 13.6 Å². The highest BCUT2D eigenvalue weighted by Crippen LogP contribution is 2.30. The van der Waals surface area contributed by atoms with Crippen molar-refractivity contribution in [2.75, 3.05) is 26.2 Å². The SMILES string of the molecule is Cc1ccc(CN2C[C@H]3CNC[C@H]3C2)c(-c2ccnn2C)c1. The summed E-state index contributed by atoms with van der Waals surface area (Å²) in [5.41, 5.74) is 5.26. The van der Waals surface area contributed by atoms with Gasteiger partial charge in [-0.25, -0.2) is 0 Å². The zero-order valence-corrected chi connectivity index (χ0v) is 13.4. The normalized spacial score (nSPS) is 24.8. The Labute approximate surface area is 132 Å². The van der Waals surface area contributed by atoms with Gasteiger partial charge in [-0.1, -0.05) is 17.7 Å². The first-order chi connectivity index (χ1) is 10.7. The quantitative estimate of drug-likeness (QED) is 0.941. The molecule has 2 aliphatic heterocycles. The van der Waals surface area contributed by atoms with Crippen LogP contribution >= 0.6 is 0 Å². The minimum Gasteiger partial charge on any atom is -0.316 e. The highest BCUT2D eigenvalue weighted by molar-refractivity contribution is 5.64. The van der Waals surface area contributed by atoms with E-state index in [1.54, 1.807) is 0 Å². The van der Waals surface area contributed by atoms with Crippen molar-refractivity contribution in [3.05, 3.63) is 41.6 Å². The van der Waals surface area contributed by atoms with Crippen molar-refractivity contribution in [3.8, 4) is 11.3 Å².